The average molecular weight is 454 g/mol. The number of methoxy groups -OCH3 is 1. The summed E-state index contributed by atoms with van der Waals surface area (Å²) < 4.78 is 7.37. The lowest BCUT2D eigenvalue weighted by Gasteiger charge is -2.17. The van der Waals surface area contributed by atoms with Crippen molar-refractivity contribution in [2.45, 2.75) is 40.3 Å². The van der Waals surface area contributed by atoms with Crippen molar-refractivity contribution in [1.82, 2.24) is 14.9 Å². The molecule has 1 N–H and O–H groups in total. The van der Waals surface area contributed by atoms with Gasteiger partial charge in [-0.1, -0.05) is 59.7 Å². The maximum Gasteiger partial charge on any atom is 0.270 e. The minimum atomic E-state index is -0.199. The molecular formula is C29H31N3O2. The Morgan fingerprint density at radius 2 is 1.68 bits per heavy atom. The van der Waals surface area contributed by atoms with Crippen molar-refractivity contribution in [3.05, 3.63) is 95.2 Å². The summed E-state index contributed by atoms with van der Waals surface area (Å²) in [6.07, 6.45) is 0. The molecule has 0 aliphatic heterocycles. The highest BCUT2D eigenvalue weighted by Crippen LogP contribution is 2.31. The van der Waals surface area contributed by atoms with Crippen molar-refractivity contribution in [3.8, 4) is 28.4 Å². The van der Waals surface area contributed by atoms with E-state index >= 15 is 0 Å². The van der Waals surface area contributed by atoms with Crippen LogP contribution in [0.25, 0.3) is 22.6 Å². The Bertz CT molecular complexity index is 1290. The Kier molecular flexibility index (Phi) is 6.82. The molecule has 0 unspecified atom stereocenters. The number of hydrogen-bond donors (Lipinski definition) is 1. The number of imidazole rings is 1. The van der Waals surface area contributed by atoms with Crippen LogP contribution in [-0.2, 0) is 6.54 Å². The lowest BCUT2D eigenvalue weighted by atomic mass is 10.0. The second kappa shape index (κ2) is 9.96. The standard InChI is InChI=1S/C29H31N3O2/c1-6-32-27(29(33)30-21(4)23-13-10-14-25(18-23)34-5)26(24-16-19(2)15-20(3)17-24)31-28(32)22-11-8-7-9-12-22/h7-18,21H,6H2,1-5H3,(H,30,33)/t21-/m0/s1. The van der Waals surface area contributed by atoms with E-state index in [1.807, 2.05) is 73.0 Å². The zero-order valence-electron chi connectivity index (χ0n) is 20.4. The van der Waals surface area contributed by atoms with E-state index in [2.05, 4.69) is 37.4 Å². The molecule has 5 nitrogen and oxygen atoms in total. The fourth-order valence-corrected chi connectivity index (χ4v) is 4.37. The molecule has 0 saturated carbocycles. The van der Waals surface area contributed by atoms with E-state index in [4.69, 9.17) is 9.72 Å². The Hall–Kier alpha value is -3.86. The summed E-state index contributed by atoms with van der Waals surface area (Å²) in [7, 11) is 1.64. The largest absolute Gasteiger partial charge is 0.497 e. The predicted molar refractivity (Wildman–Crippen MR) is 137 cm³/mol. The van der Waals surface area contributed by atoms with Gasteiger partial charge in [-0.15, -0.1) is 0 Å². The van der Waals surface area contributed by atoms with Crippen LogP contribution in [-0.4, -0.2) is 22.6 Å². The third-order valence-corrected chi connectivity index (χ3v) is 5.97. The van der Waals surface area contributed by atoms with Crippen LogP contribution in [0.3, 0.4) is 0 Å². The van der Waals surface area contributed by atoms with Gasteiger partial charge in [-0.2, -0.15) is 0 Å². The van der Waals surface area contributed by atoms with Gasteiger partial charge in [0.2, 0.25) is 0 Å². The van der Waals surface area contributed by atoms with Crippen LogP contribution in [0.1, 0.15) is 47.1 Å². The van der Waals surface area contributed by atoms with Gasteiger partial charge in [-0.05, 0) is 57.5 Å². The van der Waals surface area contributed by atoms with Crippen molar-refractivity contribution in [2.24, 2.45) is 0 Å². The van der Waals surface area contributed by atoms with Crippen LogP contribution in [0, 0.1) is 13.8 Å². The smallest absolute Gasteiger partial charge is 0.270 e. The van der Waals surface area contributed by atoms with E-state index in [0.717, 1.165) is 39.4 Å². The maximum atomic E-state index is 13.8. The molecule has 4 rings (SSSR count). The highest BCUT2D eigenvalue weighted by atomic mass is 16.5. The first-order valence-corrected chi connectivity index (χ1v) is 11.6. The molecule has 4 aromatic rings. The first-order chi connectivity index (χ1) is 16.4. The molecule has 174 valence electrons. The van der Waals surface area contributed by atoms with Gasteiger partial charge >= 0.3 is 0 Å². The van der Waals surface area contributed by atoms with E-state index in [0.29, 0.717) is 17.9 Å². The number of nitrogens with zero attached hydrogens (tertiary/aromatic N) is 2. The molecular weight excluding hydrogens is 422 g/mol. The summed E-state index contributed by atoms with van der Waals surface area (Å²) in [4.78, 5) is 18.8. The zero-order valence-corrected chi connectivity index (χ0v) is 20.4. The minimum Gasteiger partial charge on any atom is -0.497 e. The normalized spacial score (nSPS) is 11.8. The van der Waals surface area contributed by atoms with E-state index < -0.39 is 0 Å². The van der Waals surface area contributed by atoms with Gasteiger partial charge in [-0.3, -0.25) is 4.79 Å². The summed E-state index contributed by atoms with van der Waals surface area (Å²) >= 11 is 0. The third kappa shape index (κ3) is 4.74. The molecule has 0 bridgehead atoms. The molecule has 1 atom stereocenters. The summed E-state index contributed by atoms with van der Waals surface area (Å²) in [5, 5.41) is 3.19. The number of carbonyl (C=O) groups is 1. The van der Waals surface area contributed by atoms with E-state index in [1.54, 1.807) is 7.11 Å². The van der Waals surface area contributed by atoms with Crippen LogP contribution in [0.4, 0.5) is 0 Å². The highest BCUT2D eigenvalue weighted by molar-refractivity contribution is 6.00. The third-order valence-electron chi connectivity index (χ3n) is 5.97. The molecule has 5 heteroatoms. The minimum absolute atomic E-state index is 0.152. The predicted octanol–water partition coefficient (Wildman–Crippen LogP) is 6.35. The van der Waals surface area contributed by atoms with Gasteiger partial charge in [-0.25, -0.2) is 4.98 Å². The molecule has 34 heavy (non-hydrogen) atoms. The van der Waals surface area contributed by atoms with E-state index in [9.17, 15) is 4.79 Å². The summed E-state index contributed by atoms with van der Waals surface area (Å²) in [5.41, 5.74) is 6.45. The van der Waals surface area contributed by atoms with Crippen molar-refractivity contribution < 1.29 is 9.53 Å². The second-order valence-corrected chi connectivity index (χ2v) is 8.59. The van der Waals surface area contributed by atoms with Crippen LogP contribution in [0.2, 0.25) is 0 Å². The Morgan fingerprint density at radius 1 is 0.971 bits per heavy atom. The van der Waals surface area contributed by atoms with Crippen molar-refractivity contribution >= 4 is 5.91 Å². The number of carbonyl (C=O) groups excluding carboxylic acids is 1. The first-order valence-electron chi connectivity index (χ1n) is 11.6. The summed E-state index contributed by atoms with van der Waals surface area (Å²) in [6.45, 7) is 8.78. The molecule has 1 aromatic heterocycles. The number of aryl methyl sites for hydroxylation is 2. The molecule has 1 heterocycles. The van der Waals surface area contributed by atoms with E-state index in [-0.39, 0.29) is 11.9 Å². The number of rotatable bonds is 7. The molecule has 1 amide bonds. The maximum absolute atomic E-state index is 13.8. The van der Waals surface area contributed by atoms with Gasteiger partial charge in [0.25, 0.3) is 5.91 Å². The van der Waals surface area contributed by atoms with Gasteiger partial charge in [0.15, 0.2) is 0 Å². The Balaban J connectivity index is 1.82. The number of aromatic nitrogens is 2. The molecule has 0 aliphatic rings. The zero-order chi connectivity index (χ0) is 24.2. The number of nitrogens with one attached hydrogen (secondary N) is 1. The lowest BCUT2D eigenvalue weighted by molar-refractivity contribution is 0.0931. The quantitative estimate of drug-likeness (QED) is 0.355. The molecule has 0 aliphatic carbocycles. The van der Waals surface area contributed by atoms with Crippen LogP contribution in [0.5, 0.6) is 5.75 Å². The molecule has 3 aromatic carbocycles. The van der Waals surface area contributed by atoms with Crippen molar-refractivity contribution in [2.75, 3.05) is 7.11 Å². The first kappa shape index (κ1) is 23.3. The van der Waals surface area contributed by atoms with Crippen molar-refractivity contribution in [3.63, 3.8) is 0 Å². The number of hydrogen-bond acceptors (Lipinski definition) is 3. The van der Waals surface area contributed by atoms with Gasteiger partial charge in [0.05, 0.1) is 13.2 Å². The molecule has 0 fully saturated rings. The fraction of sp³-hybridized carbons (Fsp3) is 0.241. The van der Waals surface area contributed by atoms with Gasteiger partial charge in [0, 0.05) is 17.7 Å². The van der Waals surface area contributed by atoms with Crippen molar-refractivity contribution in [1.29, 1.82) is 0 Å². The SMILES string of the molecule is CCn1c(-c2ccccc2)nc(-c2cc(C)cc(C)c2)c1C(=O)N[C@@H](C)c1cccc(OC)c1. The number of benzene rings is 3. The number of ether oxygens (including phenoxy) is 1. The monoisotopic (exact) mass is 453 g/mol. The molecule has 0 saturated heterocycles. The molecule has 0 radical (unpaired) electrons. The van der Waals surface area contributed by atoms with Crippen LogP contribution in [0.15, 0.2) is 72.8 Å². The highest BCUT2D eigenvalue weighted by Gasteiger charge is 2.25. The second-order valence-electron chi connectivity index (χ2n) is 8.59. The molecule has 0 spiro atoms. The lowest BCUT2D eigenvalue weighted by Crippen LogP contribution is -2.29. The van der Waals surface area contributed by atoms with Crippen LogP contribution >= 0.6 is 0 Å². The van der Waals surface area contributed by atoms with Crippen LogP contribution < -0.4 is 10.1 Å². The Labute approximate surface area is 201 Å². The Morgan fingerprint density at radius 3 is 2.32 bits per heavy atom. The average Bonchev–Trinajstić information content (AvgIpc) is 3.24. The fourth-order valence-electron chi connectivity index (χ4n) is 4.37. The van der Waals surface area contributed by atoms with E-state index in [1.165, 1.54) is 0 Å². The summed E-state index contributed by atoms with van der Waals surface area (Å²) in [6, 6.07) is 23.9. The summed E-state index contributed by atoms with van der Waals surface area (Å²) in [5.74, 6) is 1.40. The number of amides is 1. The topological polar surface area (TPSA) is 56.2 Å². The van der Waals surface area contributed by atoms with Gasteiger partial charge < -0.3 is 14.6 Å². The van der Waals surface area contributed by atoms with Gasteiger partial charge in [0.1, 0.15) is 23.0 Å².